The van der Waals surface area contributed by atoms with Gasteiger partial charge in [0.25, 0.3) is 0 Å². The fraction of sp³-hybridized carbons (Fsp3) is 0.571. The Hall–Kier alpha value is -0.410. The fourth-order valence-electron chi connectivity index (χ4n) is 2.46. The molecule has 0 aliphatic carbocycles. The Morgan fingerprint density at radius 1 is 1.41 bits per heavy atom. The van der Waals surface area contributed by atoms with Gasteiger partial charge in [-0.15, -0.1) is 0 Å². The van der Waals surface area contributed by atoms with Gasteiger partial charge in [-0.1, -0.05) is 34.1 Å². The molecule has 1 nitrogen and oxygen atoms in total. The third-order valence-corrected chi connectivity index (χ3v) is 4.18. The maximum absolute atomic E-state index is 13.7. The van der Waals surface area contributed by atoms with Gasteiger partial charge in [-0.2, -0.15) is 0 Å². The van der Waals surface area contributed by atoms with E-state index in [1.54, 1.807) is 6.07 Å². The van der Waals surface area contributed by atoms with Gasteiger partial charge in [0, 0.05) is 5.33 Å². The van der Waals surface area contributed by atoms with Crippen molar-refractivity contribution in [2.45, 2.75) is 44.3 Å². The van der Waals surface area contributed by atoms with Crippen LogP contribution in [0.4, 0.5) is 4.39 Å². The summed E-state index contributed by atoms with van der Waals surface area (Å²) in [5.41, 5.74) is 0.799. The predicted molar refractivity (Wildman–Crippen MR) is 71.1 cm³/mol. The highest BCUT2D eigenvalue weighted by molar-refractivity contribution is 9.09. The summed E-state index contributed by atoms with van der Waals surface area (Å²) in [5, 5.41) is 0.780. The van der Waals surface area contributed by atoms with Gasteiger partial charge < -0.3 is 4.74 Å². The van der Waals surface area contributed by atoms with Crippen molar-refractivity contribution >= 4 is 15.9 Å². The molecule has 3 atom stereocenters. The van der Waals surface area contributed by atoms with Crippen LogP contribution < -0.4 is 0 Å². The van der Waals surface area contributed by atoms with Crippen molar-refractivity contribution in [3.8, 4) is 0 Å². The molecule has 1 saturated heterocycles. The lowest BCUT2D eigenvalue weighted by atomic mass is 9.93. The first-order chi connectivity index (χ1) is 8.20. The van der Waals surface area contributed by atoms with Crippen molar-refractivity contribution in [1.82, 2.24) is 0 Å². The normalized spacial score (nSPS) is 26.1. The van der Waals surface area contributed by atoms with Crippen molar-refractivity contribution in [3.63, 3.8) is 0 Å². The Kier molecular flexibility index (Phi) is 4.57. The Morgan fingerprint density at radius 2 is 2.18 bits per heavy atom. The summed E-state index contributed by atoms with van der Waals surface area (Å²) in [6, 6.07) is 7.03. The van der Waals surface area contributed by atoms with Gasteiger partial charge in [-0.3, -0.25) is 0 Å². The van der Waals surface area contributed by atoms with Crippen LogP contribution in [0.25, 0.3) is 0 Å². The average Bonchev–Trinajstić information content (AvgIpc) is 2.73. The molecule has 0 amide bonds. The third-order valence-electron chi connectivity index (χ3n) is 3.40. The molecule has 3 unspecified atom stereocenters. The fourth-order valence-corrected chi connectivity index (χ4v) is 3.07. The molecule has 0 N–H and O–H groups in total. The first-order valence-electron chi connectivity index (χ1n) is 6.16. The number of ether oxygens (including phenoxy) is 1. The summed E-state index contributed by atoms with van der Waals surface area (Å²) in [7, 11) is 0. The largest absolute Gasteiger partial charge is 0.375 e. The van der Waals surface area contributed by atoms with E-state index in [-0.39, 0.29) is 17.8 Å². The zero-order valence-electron chi connectivity index (χ0n) is 10.0. The molecule has 1 aliphatic heterocycles. The zero-order valence-corrected chi connectivity index (χ0v) is 11.6. The summed E-state index contributed by atoms with van der Waals surface area (Å²) in [5.74, 6) is 0.0921. The van der Waals surface area contributed by atoms with E-state index in [1.165, 1.54) is 6.07 Å². The minimum absolute atomic E-state index is 0.108. The van der Waals surface area contributed by atoms with Gasteiger partial charge in [0.05, 0.1) is 12.2 Å². The second-order valence-corrected chi connectivity index (χ2v) is 5.40. The second-order valence-electron chi connectivity index (χ2n) is 4.75. The minimum Gasteiger partial charge on any atom is -0.375 e. The van der Waals surface area contributed by atoms with Crippen molar-refractivity contribution < 1.29 is 9.13 Å². The summed E-state index contributed by atoms with van der Waals surface area (Å²) < 4.78 is 19.5. The SMILES string of the molecule is CC1CCC(CC(CBr)c2ccccc2F)O1. The maximum Gasteiger partial charge on any atom is 0.126 e. The number of benzene rings is 1. The van der Waals surface area contributed by atoms with Crippen LogP contribution in [0.5, 0.6) is 0 Å². The molecular weight excluding hydrogens is 283 g/mol. The van der Waals surface area contributed by atoms with Crippen LogP contribution in [0.2, 0.25) is 0 Å². The van der Waals surface area contributed by atoms with E-state index >= 15 is 0 Å². The van der Waals surface area contributed by atoms with Crippen molar-refractivity contribution in [2.24, 2.45) is 0 Å². The lowest BCUT2D eigenvalue weighted by molar-refractivity contribution is 0.0477. The summed E-state index contributed by atoms with van der Waals surface area (Å²) in [6.07, 6.45) is 3.76. The first kappa shape index (κ1) is 13.0. The highest BCUT2D eigenvalue weighted by Gasteiger charge is 2.26. The van der Waals surface area contributed by atoms with E-state index in [1.807, 2.05) is 12.1 Å². The van der Waals surface area contributed by atoms with Crippen LogP contribution in [0, 0.1) is 5.82 Å². The van der Waals surface area contributed by atoms with E-state index in [2.05, 4.69) is 22.9 Å². The minimum atomic E-state index is -0.108. The Balaban J connectivity index is 2.04. The number of hydrogen-bond donors (Lipinski definition) is 0. The second kappa shape index (κ2) is 5.96. The van der Waals surface area contributed by atoms with Crippen LogP contribution in [0.1, 0.15) is 37.7 Å². The van der Waals surface area contributed by atoms with Crippen LogP contribution in [-0.2, 0) is 4.74 Å². The number of rotatable bonds is 4. The number of hydrogen-bond acceptors (Lipinski definition) is 1. The smallest absolute Gasteiger partial charge is 0.126 e. The maximum atomic E-state index is 13.7. The van der Waals surface area contributed by atoms with Crippen molar-refractivity contribution in [1.29, 1.82) is 0 Å². The van der Waals surface area contributed by atoms with E-state index in [9.17, 15) is 4.39 Å². The van der Waals surface area contributed by atoms with Crippen LogP contribution >= 0.6 is 15.9 Å². The van der Waals surface area contributed by atoms with Crippen LogP contribution in [-0.4, -0.2) is 17.5 Å². The van der Waals surface area contributed by atoms with E-state index in [0.717, 1.165) is 30.2 Å². The van der Waals surface area contributed by atoms with Gasteiger partial charge in [0.2, 0.25) is 0 Å². The Labute approximate surface area is 110 Å². The monoisotopic (exact) mass is 300 g/mol. The molecule has 0 saturated carbocycles. The molecule has 1 aromatic rings. The molecule has 2 rings (SSSR count). The van der Waals surface area contributed by atoms with E-state index < -0.39 is 0 Å². The van der Waals surface area contributed by atoms with Gasteiger partial charge >= 0.3 is 0 Å². The van der Waals surface area contributed by atoms with Gasteiger partial charge in [-0.05, 0) is 43.7 Å². The predicted octanol–water partition coefficient (Wildman–Crippen LogP) is 4.26. The molecule has 0 spiro atoms. The molecule has 1 aromatic carbocycles. The molecule has 0 aromatic heterocycles. The van der Waals surface area contributed by atoms with Gasteiger partial charge in [0.1, 0.15) is 5.82 Å². The lowest BCUT2D eigenvalue weighted by Crippen LogP contribution is -2.15. The van der Waals surface area contributed by atoms with E-state index in [0.29, 0.717) is 6.10 Å². The summed E-state index contributed by atoms with van der Waals surface area (Å²) >= 11 is 3.49. The molecule has 0 radical (unpaired) electrons. The van der Waals surface area contributed by atoms with Gasteiger partial charge in [0.15, 0.2) is 0 Å². The molecular formula is C14H18BrFO. The number of alkyl halides is 1. The molecule has 1 heterocycles. The van der Waals surface area contributed by atoms with Gasteiger partial charge in [-0.25, -0.2) is 4.39 Å². The highest BCUT2D eigenvalue weighted by Crippen LogP contribution is 2.31. The standard InChI is InChI=1S/C14H18BrFO/c1-10-6-7-12(17-10)8-11(9-15)13-4-2-3-5-14(13)16/h2-5,10-12H,6-9H2,1H3. The molecule has 1 fully saturated rings. The molecule has 1 aliphatic rings. The molecule has 3 heteroatoms. The van der Waals surface area contributed by atoms with Crippen molar-refractivity contribution in [2.75, 3.05) is 5.33 Å². The van der Waals surface area contributed by atoms with Crippen LogP contribution in [0.15, 0.2) is 24.3 Å². The molecule has 0 bridgehead atoms. The quantitative estimate of drug-likeness (QED) is 0.755. The average molecular weight is 301 g/mol. The Morgan fingerprint density at radius 3 is 2.76 bits per heavy atom. The topological polar surface area (TPSA) is 9.23 Å². The number of halogens is 2. The first-order valence-corrected chi connectivity index (χ1v) is 7.28. The molecule has 17 heavy (non-hydrogen) atoms. The Bertz CT molecular complexity index is 369. The van der Waals surface area contributed by atoms with Crippen LogP contribution in [0.3, 0.4) is 0 Å². The van der Waals surface area contributed by atoms with Crippen molar-refractivity contribution in [3.05, 3.63) is 35.6 Å². The van der Waals surface area contributed by atoms with E-state index in [4.69, 9.17) is 4.74 Å². The molecule has 94 valence electrons. The highest BCUT2D eigenvalue weighted by atomic mass is 79.9. The lowest BCUT2D eigenvalue weighted by Gasteiger charge is -2.19. The third kappa shape index (κ3) is 3.29. The summed E-state index contributed by atoms with van der Waals surface area (Å²) in [4.78, 5) is 0. The summed E-state index contributed by atoms with van der Waals surface area (Å²) in [6.45, 7) is 2.10. The zero-order chi connectivity index (χ0) is 12.3.